The molecule has 5 aromatic rings. The van der Waals surface area contributed by atoms with Gasteiger partial charge in [-0.3, -0.25) is 28.8 Å². The van der Waals surface area contributed by atoms with Crippen LogP contribution in [0.15, 0.2) is 111 Å². The molecule has 0 bridgehead atoms. The quantitative estimate of drug-likeness (QED) is 0.0353. The average Bonchev–Trinajstić information content (AvgIpc) is 3.30. The summed E-state index contributed by atoms with van der Waals surface area (Å²) < 4.78 is 10.5. The van der Waals surface area contributed by atoms with Crippen molar-refractivity contribution >= 4 is 127 Å². The number of ketones is 2. The van der Waals surface area contributed by atoms with Gasteiger partial charge in [0.05, 0.1) is 40.4 Å². The fourth-order valence-electron chi connectivity index (χ4n) is 6.44. The number of anilines is 4. The molecule has 0 aliphatic heterocycles. The van der Waals surface area contributed by atoms with Crippen molar-refractivity contribution in [3.63, 3.8) is 0 Å². The molecule has 69 heavy (non-hydrogen) atoms. The Morgan fingerprint density at radius 3 is 1.26 bits per heavy atom. The van der Waals surface area contributed by atoms with Crippen LogP contribution in [0.4, 0.5) is 34.1 Å². The highest BCUT2D eigenvalue weighted by Gasteiger charge is 2.27. The first-order chi connectivity index (χ1) is 32.7. The van der Waals surface area contributed by atoms with E-state index in [1.54, 1.807) is 57.2 Å². The topological polar surface area (TPSA) is 218 Å². The molecule has 0 aliphatic carbocycles. The first kappa shape index (κ1) is 53.5. The van der Waals surface area contributed by atoms with E-state index in [2.05, 4.69) is 41.7 Å². The molecular formula is C48H45Cl5N8O8. The van der Waals surface area contributed by atoms with Gasteiger partial charge in [0.15, 0.2) is 11.6 Å². The number of nitrogens with zero attached hydrogens (tertiary/aromatic N) is 4. The van der Waals surface area contributed by atoms with E-state index in [1.807, 2.05) is 0 Å². The zero-order chi connectivity index (χ0) is 50.7. The van der Waals surface area contributed by atoms with Gasteiger partial charge in [0, 0.05) is 33.9 Å². The second kappa shape index (κ2) is 24.2. The van der Waals surface area contributed by atoms with Crippen LogP contribution in [0.25, 0.3) is 0 Å². The van der Waals surface area contributed by atoms with Gasteiger partial charge in [0.25, 0.3) is 23.6 Å². The molecule has 0 spiro atoms. The van der Waals surface area contributed by atoms with E-state index in [4.69, 9.17) is 67.5 Å². The lowest BCUT2D eigenvalue weighted by molar-refractivity contribution is -0.127. The maximum absolute atomic E-state index is 13.6. The number of alkyl halides is 3. The van der Waals surface area contributed by atoms with E-state index in [9.17, 15) is 28.8 Å². The number of methoxy groups -OCH3 is 2. The summed E-state index contributed by atoms with van der Waals surface area (Å²) in [5.41, 5.74) is 3.11. The predicted octanol–water partition coefficient (Wildman–Crippen LogP) is 12.8. The Bertz CT molecular complexity index is 2860. The summed E-state index contributed by atoms with van der Waals surface area (Å²) in [5.74, 6) is -2.99. The van der Waals surface area contributed by atoms with Crippen molar-refractivity contribution in [3.8, 4) is 11.5 Å². The first-order valence-corrected chi connectivity index (χ1v) is 22.9. The predicted molar refractivity (Wildman–Crippen MR) is 269 cm³/mol. The van der Waals surface area contributed by atoms with E-state index in [0.717, 1.165) is 13.8 Å². The molecule has 360 valence electrons. The van der Waals surface area contributed by atoms with Crippen molar-refractivity contribution in [2.75, 3.05) is 35.5 Å². The molecule has 0 saturated carbocycles. The summed E-state index contributed by atoms with van der Waals surface area (Å²) in [6.07, 6.45) is 0. The van der Waals surface area contributed by atoms with Gasteiger partial charge < -0.3 is 30.7 Å². The molecule has 0 fully saturated rings. The van der Waals surface area contributed by atoms with E-state index in [0.29, 0.717) is 39.6 Å². The summed E-state index contributed by atoms with van der Waals surface area (Å²) in [6, 6.07) is 19.6. The van der Waals surface area contributed by atoms with Crippen LogP contribution < -0.4 is 30.7 Å². The van der Waals surface area contributed by atoms with Crippen LogP contribution in [-0.2, 0) is 19.2 Å². The van der Waals surface area contributed by atoms with Crippen LogP contribution in [0.5, 0.6) is 11.5 Å². The molecular weight excluding hydrogens is 994 g/mol. The number of carbonyl (C=O) groups excluding carboxylic acids is 6. The zero-order valence-electron chi connectivity index (χ0n) is 38.0. The second-order valence-corrected chi connectivity index (χ2v) is 18.0. The third-order valence-corrected chi connectivity index (χ3v) is 11.5. The normalized spacial score (nSPS) is 13.4. The second-order valence-electron chi connectivity index (χ2n) is 15.2. The van der Waals surface area contributed by atoms with Gasteiger partial charge in [-0.05, 0) is 142 Å². The summed E-state index contributed by atoms with van der Waals surface area (Å²) in [7, 11) is 3.03. The van der Waals surface area contributed by atoms with Crippen molar-refractivity contribution in [2.45, 2.75) is 62.8 Å². The van der Waals surface area contributed by atoms with Gasteiger partial charge >= 0.3 is 0 Å². The van der Waals surface area contributed by atoms with Crippen molar-refractivity contribution in [1.29, 1.82) is 0 Å². The van der Waals surface area contributed by atoms with E-state index < -0.39 is 63.4 Å². The monoisotopic (exact) mass is 1040 g/mol. The lowest BCUT2D eigenvalue weighted by Crippen LogP contribution is -2.32. The van der Waals surface area contributed by atoms with Gasteiger partial charge in [-0.15, -0.1) is 34.8 Å². The summed E-state index contributed by atoms with van der Waals surface area (Å²) in [5, 5.41) is 25.5. The molecule has 5 unspecified atom stereocenters. The molecule has 0 saturated heterocycles. The number of ether oxygens (including phenoxy) is 2. The Morgan fingerprint density at radius 1 is 0.493 bits per heavy atom. The Morgan fingerprint density at radius 2 is 0.870 bits per heavy atom. The van der Waals surface area contributed by atoms with Crippen LogP contribution >= 0.6 is 58.0 Å². The molecule has 0 aliphatic rings. The maximum atomic E-state index is 13.6. The Labute approximate surface area is 422 Å². The van der Waals surface area contributed by atoms with Crippen LogP contribution in [0, 0.1) is 0 Å². The molecule has 4 amide bonds. The standard InChI is InChI=1S/C48H45Cl5N8O8/c1-23(49)33-20-30(54-47(66)43(26(4)62)60-58-41-18-28(8-13-36(41)52)45(64)55-39-16-11-31(68-6)21-34(39)24(2)50)10-15-38(33)57-48(67)44(27(5)63)61-59-42-19-29(9-14-37(42)53)46(65)56-40-17-12-32(69-7)22-35(40)25(3)51/h8-25,43-44H,1-7H3,(H,54,66)(H,55,64)(H,56,65)(H,57,67). The third kappa shape index (κ3) is 14.1. The molecule has 5 atom stereocenters. The number of halogens is 5. The van der Waals surface area contributed by atoms with Crippen molar-refractivity contribution < 1.29 is 38.2 Å². The molecule has 0 heterocycles. The highest BCUT2D eigenvalue weighted by molar-refractivity contribution is 6.33. The lowest BCUT2D eigenvalue weighted by Gasteiger charge is -2.17. The van der Waals surface area contributed by atoms with E-state index >= 15 is 0 Å². The highest BCUT2D eigenvalue weighted by Crippen LogP contribution is 2.35. The fraction of sp³-hybridized carbons (Fsp3) is 0.250. The number of nitrogens with one attached hydrogen (secondary N) is 4. The van der Waals surface area contributed by atoms with Crippen LogP contribution in [0.3, 0.4) is 0 Å². The summed E-state index contributed by atoms with van der Waals surface area (Å²) >= 11 is 32.0. The minimum atomic E-state index is -1.66. The number of azo groups is 2. The number of hydrogen-bond donors (Lipinski definition) is 4. The van der Waals surface area contributed by atoms with Crippen LogP contribution in [0.2, 0.25) is 10.0 Å². The highest BCUT2D eigenvalue weighted by atomic mass is 35.5. The molecule has 16 nitrogen and oxygen atoms in total. The van der Waals surface area contributed by atoms with Gasteiger partial charge in [-0.1, -0.05) is 23.2 Å². The maximum Gasteiger partial charge on any atom is 0.258 e. The van der Waals surface area contributed by atoms with Crippen molar-refractivity contribution in [2.24, 2.45) is 20.5 Å². The van der Waals surface area contributed by atoms with E-state index in [-0.39, 0.29) is 43.9 Å². The third-order valence-electron chi connectivity index (χ3n) is 10.1. The first-order valence-electron chi connectivity index (χ1n) is 20.8. The van der Waals surface area contributed by atoms with E-state index in [1.165, 1.54) is 68.8 Å². The Hall–Kier alpha value is -6.43. The zero-order valence-corrected chi connectivity index (χ0v) is 41.8. The van der Waals surface area contributed by atoms with Gasteiger partial charge in [-0.25, -0.2) is 0 Å². The minimum Gasteiger partial charge on any atom is -0.497 e. The largest absolute Gasteiger partial charge is 0.497 e. The van der Waals surface area contributed by atoms with Crippen LogP contribution in [0.1, 0.15) is 88.2 Å². The smallest absolute Gasteiger partial charge is 0.258 e. The molecule has 5 rings (SSSR count). The van der Waals surface area contributed by atoms with Gasteiger partial charge in [0.1, 0.15) is 22.9 Å². The van der Waals surface area contributed by atoms with Crippen LogP contribution in [-0.4, -0.2) is 61.5 Å². The summed E-state index contributed by atoms with van der Waals surface area (Å²) in [4.78, 5) is 79.1. The van der Waals surface area contributed by atoms with Gasteiger partial charge in [-0.2, -0.15) is 20.5 Å². The Kier molecular flexibility index (Phi) is 18.8. The number of Topliss-reactive ketones (excluding diaryl/α,β-unsaturated/α-hetero) is 2. The fourth-order valence-corrected chi connectivity index (χ4v) is 7.30. The number of benzene rings is 5. The lowest BCUT2D eigenvalue weighted by atomic mass is 10.1. The Balaban J connectivity index is 1.29. The number of rotatable bonds is 19. The van der Waals surface area contributed by atoms with Crippen molar-refractivity contribution in [3.05, 3.63) is 129 Å². The minimum absolute atomic E-state index is 0.00332. The summed E-state index contributed by atoms with van der Waals surface area (Å²) in [6.45, 7) is 7.40. The molecule has 21 heteroatoms. The van der Waals surface area contributed by atoms with Gasteiger partial charge in [0.2, 0.25) is 12.1 Å². The number of amides is 4. The molecule has 0 aromatic heterocycles. The number of hydrogen-bond acceptors (Lipinski definition) is 12. The molecule has 4 N–H and O–H groups in total. The number of carbonyl (C=O) groups is 6. The SMILES string of the molecule is COc1ccc(NC(=O)c2ccc(Cl)c(N=NC(C(C)=O)C(=O)Nc3ccc(NC(=O)C(N=Nc4cc(C(=O)Nc5ccc(OC)cc5C(C)Cl)ccc4Cl)C(C)=O)c(C(C)Cl)c3)c2)c(C(C)Cl)c1. The van der Waals surface area contributed by atoms with Crippen molar-refractivity contribution in [1.82, 2.24) is 0 Å². The average molecular weight is 1040 g/mol. The molecule has 0 radical (unpaired) electrons. The molecule has 5 aromatic carbocycles.